The van der Waals surface area contributed by atoms with Crippen LogP contribution in [-0.4, -0.2) is 16.9 Å². The summed E-state index contributed by atoms with van der Waals surface area (Å²) in [4.78, 5) is 16.7. The highest BCUT2D eigenvalue weighted by atomic mass is 79.9. The van der Waals surface area contributed by atoms with E-state index in [4.69, 9.17) is 0 Å². The van der Waals surface area contributed by atoms with Crippen molar-refractivity contribution >= 4 is 33.3 Å². The standard InChI is InChI=1S/C19H22BrN3O/c20-15-8-10-17(11-9-15)23-19(24)14-7-12-18(21-13-14)22-16-5-3-1-2-4-6-16/h7-13,16H,1-6H2,(H,21,22)(H,23,24). The fourth-order valence-corrected chi connectivity index (χ4v) is 3.25. The van der Waals surface area contributed by atoms with Crippen molar-refractivity contribution in [2.75, 3.05) is 10.6 Å². The lowest BCUT2D eigenvalue weighted by molar-refractivity contribution is 0.102. The molecule has 1 saturated carbocycles. The molecule has 1 fully saturated rings. The average Bonchev–Trinajstić information content (AvgIpc) is 2.86. The normalized spacial score (nSPS) is 15.5. The molecule has 126 valence electrons. The molecule has 0 bridgehead atoms. The summed E-state index contributed by atoms with van der Waals surface area (Å²) in [7, 11) is 0. The highest BCUT2D eigenvalue weighted by Crippen LogP contribution is 2.20. The minimum absolute atomic E-state index is 0.147. The summed E-state index contributed by atoms with van der Waals surface area (Å²) >= 11 is 3.38. The van der Waals surface area contributed by atoms with E-state index in [1.165, 1.54) is 38.5 Å². The first-order valence-electron chi connectivity index (χ1n) is 8.50. The lowest BCUT2D eigenvalue weighted by Gasteiger charge is -2.16. The molecule has 0 radical (unpaired) electrons. The van der Waals surface area contributed by atoms with Gasteiger partial charge in [-0.05, 0) is 49.2 Å². The third-order valence-corrected chi connectivity index (χ3v) is 4.86. The highest BCUT2D eigenvalue weighted by Gasteiger charge is 2.13. The van der Waals surface area contributed by atoms with Gasteiger partial charge in [0.05, 0.1) is 5.56 Å². The van der Waals surface area contributed by atoms with E-state index in [2.05, 4.69) is 31.5 Å². The zero-order chi connectivity index (χ0) is 16.8. The van der Waals surface area contributed by atoms with Crippen LogP contribution in [-0.2, 0) is 0 Å². The number of anilines is 2. The van der Waals surface area contributed by atoms with Gasteiger partial charge >= 0.3 is 0 Å². The van der Waals surface area contributed by atoms with Gasteiger partial charge in [0.25, 0.3) is 5.91 Å². The number of hydrogen-bond donors (Lipinski definition) is 2. The van der Waals surface area contributed by atoms with E-state index in [-0.39, 0.29) is 5.91 Å². The summed E-state index contributed by atoms with van der Waals surface area (Å²) in [6.45, 7) is 0. The molecule has 2 aromatic rings. The second kappa shape index (κ2) is 8.29. The SMILES string of the molecule is O=C(Nc1ccc(Br)cc1)c1ccc(NC2CCCCCC2)nc1. The molecule has 1 aromatic carbocycles. The van der Waals surface area contributed by atoms with Crippen LogP contribution in [0.4, 0.5) is 11.5 Å². The van der Waals surface area contributed by atoms with Crippen LogP contribution >= 0.6 is 15.9 Å². The van der Waals surface area contributed by atoms with E-state index in [0.717, 1.165) is 16.0 Å². The number of carbonyl (C=O) groups is 1. The van der Waals surface area contributed by atoms with Gasteiger partial charge in [-0.2, -0.15) is 0 Å². The van der Waals surface area contributed by atoms with Gasteiger partial charge in [-0.25, -0.2) is 4.98 Å². The summed E-state index contributed by atoms with van der Waals surface area (Å²) < 4.78 is 0.983. The van der Waals surface area contributed by atoms with E-state index < -0.39 is 0 Å². The van der Waals surface area contributed by atoms with Gasteiger partial charge in [0.1, 0.15) is 5.82 Å². The first-order chi connectivity index (χ1) is 11.7. The first-order valence-corrected chi connectivity index (χ1v) is 9.29. The van der Waals surface area contributed by atoms with Crippen LogP contribution in [0.3, 0.4) is 0 Å². The van der Waals surface area contributed by atoms with E-state index in [1.54, 1.807) is 6.20 Å². The Hall–Kier alpha value is -1.88. The number of halogens is 1. The number of carbonyl (C=O) groups excluding carboxylic acids is 1. The van der Waals surface area contributed by atoms with E-state index >= 15 is 0 Å². The largest absolute Gasteiger partial charge is 0.367 e. The predicted octanol–water partition coefficient (Wildman–Crippen LogP) is 5.23. The molecule has 5 heteroatoms. The predicted molar refractivity (Wildman–Crippen MR) is 101 cm³/mol. The number of nitrogens with zero attached hydrogens (tertiary/aromatic N) is 1. The summed E-state index contributed by atoms with van der Waals surface area (Å²) in [5, 5.41) is 6.37. The number of benzene rings is 1. The summed E-state index contributed by atoms with van der Waals surface area (Å²) in [5.41, 5.74) is 1.33. The maximum atomic E-state index is 12.3. The molecule has 2 N–H and O–H groups in total. The van der Waals surface area contributed by atoms with Crippen LogP contribution in [0.15, 0.2) is 47.1 Å². The highest BCUT2D eigenvalue weighted by molar-refractivity contribution is 9.10. The van der Waals surface area contributed by atoms with E-state index in [0.29, 0.717) is 11.6 Å². The molecule has 0 unspecified atom stereocenters. The van der Waals surface area contributed by atoms with Crippen molar-refractivity contribution in [3.63, 3.8) is 0 Å². The average molecular weight is 388 g/mol. The molecule has 4 nitrogen and oxygen atoms in total. The van der Waals surface area contributed by atoms with Crippen LogP contribution in [0, 0.1) is 0 Å². The fourth-order valence-electron chi connectivity index (χ4n) is 2.98. The molecule has 1 heterocycles. The molecule has 1 aliphatic rings. The summed E-state index contributed by atoms with van der Waals surface area (Å²) in [5.74, 6) is 0.702. The summed E-state index contributed by atoms with van der Waals surface area (Å²) in [6.07, 6.45) is 9.27. The molecular formula is C19H22BrN3O. The third kappa shape index (κ3) is 4.81. The Bertz CT molecular complexity index is 662. The molecular weight excluding hydrogens is 366 g/mol. The zero-order valence-electron chi connectivity index (χ0n) is 13.6. The van der Waals surface area contributed by atoms with Crippen LogP contribution in [0.25, 0.3) is 0 Å². The Morgan fingerprint density at radius 1 is 1.00 bits per heavy atom. The summed E-state index contributed by atoms with van der Waals surface area (Å²) in [6, 6.07) is 11.7. The first kappa shape index (κ1) is 17.0. The molecule has 0 atom stereocenters. The van der Waals surface area contributed by atoms with Gasteiger partial charge in [0, 0.05) is 22.4 Å². The molecule has 24 heavy (non-hydrogen) atoms. The maximum Gasteiger partial charge on any atom is 0.257 e. The molecule has 0 saturated heterocycles. The van der Waals surface area contributed by atoms with Crippen molar-refractivity contribution in [3.8, 4) is 0 Å². The van der Waals surface area contributed by atoms with E-state index in [9.17, 15) is 4.79 Å². The number of amides is 1. The Labute approximate surface area is 151 Å². The van der Waals surface area contributed by atoms with Crippen molar-refractivity contribution in [1.29, 1.82) is 0 Å². The number of pyridine rings is 1. The molecule has 1 amide bonds. The van der Waals surface area contributed by atoms with Crippen LogP contribution in [0.2, 0.25) is 0 Å². The monoisotopic (exact) mass is 387 g/mol. The minimum atomic E-state index is -0.147. The lowest BCUT2D eigenvalue weighted by atomic mass is 10.1. The van der Waals surface area contributed by atoms with Crippen molar-refractivity contribution in [2.24, 2.45) is 0 Å². The zero-order valence-corrected chi connectivity index (χ0v) is 15.2. The smallest absolute Gasteiger partial charge is 0.257 e. The molecule has 0 spiro atoms. The Balaban J connectivity index is 1.58. The van der Waals surface area contributed by atoms with Gasteiger partial charge in [0.15, 0.2) is 0 Å². The van der Waals surface area contributed by atoms with Crippen molar-refractivity contribution in [3.05, 3.63) is 52.6 Å². The molecule has 1 aromatic heterocycles. The van der Waals surface area contributed by atoms with E-state index in [1.807, 2.05) is 36.4 Å². The van der Waals surface area contributed by atoms with Crippen molar-refractivity contribution in [2.45, 2.75) is 44.6 Å². The van der Waals surface area contributed by atoms with Crippen LogP contribution in [0.5, 0.6) is 0 Å². The third-order valence-electron chi connectivity index (χ3n) is 4.33. The second-order valence-corrected chi connectivity index (χ2v) is 7.14. The maximum absolute atomic E-state index is 12.3. The molecule has 3 rings (SSSR count). The van der Waals surface area contributed by atoms with Gasteiger partial charge in [0.2, 0.25) is 0 Å². The lowest BCUT2D eigenvalue weighted by Crippen LogP contribution is -2.19. The van der Waals surface area contributed by atoms with Gasteiger partial charge in [-0.1, -0.05) is 41.6 Å². The van der Waals surface area contributed by atoms with Gasteiger partial charge in [-0.15, -0.1) is 0 Å². The van der Waals surface area contributed by atoms with Gasteiger partial charge in [-0.3, -0.25) is 4.79 Å². The number of aromatic nitrogens is 1. The quantitative estimate of drug-likeness (QED) is 0.705. The topological polar surface area (TPSA) is 54.0 Å². The second-order valence-electron chi connectivity index (χ2n) is 6.23. The van der Waals surface area contributed by atoms with Crippen molar-refractivity contribution < 1.29 is 4.79 Å². The Kier molecular flexibility index (Phi) is 5.86. The van der Waals surface area contributed by atoms with Crippen molar-refractivity contribution in [1.82, 2.24) is 4.98 Å². The minimum Gasteiger partial charge on any atom is -0.367 e. The Morgan fingerprint density at radius 2 is 1.71 bits per heavy atom. The Morgan fingerprint density at radius 3 is 2.33 bits per heavy atom. The van der Waals surface area contributed by atoms with Gasteiger partial charge < -0.3 is 10.6 Å². The molecule has 0 aliphatic heterocycles. The number of hydrogen-bond acceptors (Lipinski definition) is 3. The molecule has 1 aliphatic carbocycles. The van der Waals surface area contributed by atoms with Crippen LogP contribution in [0.1, 0.15) is 48.9 Å². The van der Waals surface area contributed by atoms with Crippen LogP contribution < -0.4 is 10.6 Å². The number of nitrogens with one attached hydrogen (secondary N) is 2. The fraction of sp³-hybridized carbons (Fsp3) is 0.368. The number of rotatable bonds is 4.